The molecule has 0 saturated heterocycles. The average Bonchev–Trinajstić information content (AvgIpc) is 2.14. The van der Waals surface area contributed by atoms with E-state index >= 15 is 0 Å². The van der Waals surface area contributed by atoms with E-state index in [1.807, 2.05) is 6.26 Å². The molecule has 0 spiro atoms. The van der Waals surface area contributed by atoms with E-state index in [2.05, 4.69) is 17.2 Å². The van der Waals surface area contributed by atoms with Crippen molar-refractivity contribution in [2.75, 3.05) is 17.3 Å². The summed E-state index contributed by atoms with van der Waals surface area (Å²) in [5, 5.41) is 4.29. The molecule has 6 heteroatoms. The summed E-state index contributed by atoms with van der Waals surface area (Å²) in [6.07, 6.45) is 2.04. The van der Waals surface area contributed by atoms with Crippen LogP contribution in [0.25, 0.3) is 0 Å². The molecule has 84 valence electrons. The third kappa shape index (κ3) is 3.91. The Morgan fingerprint density at radius 2 is 2.07 bits per heavy atom. The molecule has 0 aliphatic rings. The molecule has 0 saturated carbocycles. The Balaban J connectivity index is 2.81. The fourth-order valence-electron chi connectivity index (χ4n) is 1.07. The molecule has 1 heterocycles. The highest BCUT2D eigenvalue weighted by Gasteiger charge is 2.09. The average molecular weight is 286 g/mol. The number of thioether (sulfide) groups is 1. The quantitative estimate of drug-likeness (QED) is 0.839. The maximum absolute atomic E-state index is 5.97. The van der Waals surface area contributed by atoms with Crippen molar-refractivity contribution in [3.05, 3.63) is 21.3 Å². The number of rotatable bonds is 4. The molecular formula is C9H11Cl3N2S. The first-order valence-electron chi connectivity index (χ1n) is 4.31. The zero-order valence-corrected chi connectivity index (χ0v) is 11.4. The predicted octanol–water partition coefficient (Wildman–Crippen LogP) is 4.21. The van der Waals surface area contributed by atoms with Crippen LogP contribution in [0.15, 0.2) is 6.07 Å². The van der Waals surface area contributed by atoms with E-state index < -0.39 is 0 Å². The van der Waals surface area contributed by atoms with Gasteiger partial charge in [0.05, 0.1) is 10.0 Å². The molecule has 0 aromatic carbocycles. The molecule has 1 rings (SSSR count). The van der Waals surface area contributed by atoms with E-state index in [1.54, 1.807) is 17.8 Å². The third-order valence-electron chi connectivity index (χ3n) is 1.69. The summed E-state index contributed by atoms with van der Waals surface area (Å²) < 4.78 is 0. The molecule has 0 amide bonds. The van der Waals surface area contributed by atoms with Gasteiger partial charge in [-0.2, -0.15) is 11.8 Å². The predicted molar refractivity (Wildman–Crippen MR) is 70.7 cm³/mol. The van der Waals surface area contributed by atoms with Crippen molar-refractivity contribution in [2.24, 2.45) is 0 Å². The van der Waals surface area contributed by atoms with E-state index in [0.717, 1.165) is 5.75 Å². The fraction of sp³-hybridized carbons (Fsp3) is 0.444. The van der Waals surface area contributed by atoms with Gasteiger partial charge >= 0.3 is 0 Å². The zero-order valence-electron chi connectivity index (χ0n) is 8.35. The number of hydrogen-bond acceptors (Lipinski definition) is 3. The minimum absolute atomic E-state index is 0.264. The molecule has 0 radical (unpaired) electrons. The lowest BCUT2D eigenvalue weighted by molar-refractivity contribution is 0.903. The van der Waals surface area contributed by atoms with Gasteiger partial charge in [-0.3, -0.25) is 0 Å². The van der Waals surface area contributed by atoms with Gasteiger partial charge in [-0.05, 0) is 19.2 Å². The minimum Gasteiger partial charge on any atom is -0.366 e. The molecule has 0 bridgehead atoms. The maximum atomic E-state index is 5.97. The molecular weight excluding hydrogens is 275 g/mol. The largest absolute Gasteiger partial charge is 0.366 e. The molecule has 0 aliphatic heterocycles. The summed E-state index contributed by atoms with van der Waals surface area (Å²) in [6, 6.07) is 1.87. The van der Waals surface area contributed by atoms with E-state index in [-0.39, 0.29) is 11.2 Å². The Labute approximate surface area is 109 Å². The summed E-state index contributed by atoms with van der Waals surface area (Å²) >= 11 is 19.3. The lowest BCUT2D eigenvalue weighted by atomic mass is 10.3. The van der Waals surface area contributed by atoms with Gasteiger partial charge < -0.3 is 5.32 Å². The van der Waals surface area contributed by atoms with Crippen LogP contribution in [0.4, 0.5) is 5.82 Å². The monoisotopic (exact) mass is 284 g/mol. The smallest absolute Gasteiger partial charge is 0.150 e. The molecule has 0 aliphatic carbocycles. The first-order valence-corrected chi connectivity index (χ1v) is 6.84. The zero-order chi connectivity index (χ0) is 11.4. The fourth-order valence-corrected chi connectivity index (χ4v) is 2.21. The van der Waals surface area contributed by atoms with E-state index in [1.165, 1.54) is 0 Å². The highest BCUT2D eigenvalue weighted by Crippen LogP contribution is 2.29. The van der Waals surface area contributed by atoms with Crippen LogP contribution in [0.2, 0.25) is 15.2 Å². The molecule has 1 aromatic heterocycles. The molecule has 2 nitrogen and oxygen atoms in total. The Morgan fingerprint density at radius 1 is 1.40 bits per heavy atom. The lowest BCUT2D eigenvalue weighted by Gasteiger charge is -2.14. The van der Waals surface area contributed by atoms with Crippen LogP contribution >= 0.6 is 46.6 Å². The number of pyridine rings is 1. The van der Waals surface area contributed by atoms with Crippen molar-refractivity contribution in [3.63, 3.8) is 0 Å². The van der Waals surface area contributed by atoms with Crippen molar-refractivity contribution >= 4 is 52.4 Å². The summed E-state index contributed by atoms with van der Waals surface area (Å²) in [7, 11) is 0. The molecule has 1 atom stereocenters. The van der Waals surface area contributed by atoms with Crippen LogP contribution in [0, 0.1) is 0 Å². The number of nitrogens with zero attached hydrogens (tertiary/aromatic N) is 1. The van der Waals surface area contributed by atoms with Crippen LogP contribution in [0.1, 0.15) is 6.92 Å². The number of halogens is 3. The lowest BCUT2D eigenvalue weighted by Crippen LogP contribution is -2.18. The number of aromatic nitrogens is 1. The van der Waals surface area contributed by atoms with Crippen molar-refractivity contribution in [3.8, 4) is 0 Å². The second kappa shape index (κ2) is 6.04. The first-order chi connectivity index (χ1) is 7.04. The van der Waals surface area contributed by atoms with Gasteiger partial charge in [-0.1, -0.05) is 34.8 Å². The van der Waals surface area contributed by atoms with Crippen LogP contribution < -0.4 is 5.32 Å². The Hall–Kier alpha value is 0.170. The summed E-state index contributed by atoms with van der Waals surface area (Å²) in [4.78, 5) is 4.08. The van der Waals surface area contributed by atoms with Gasteiger partial charge in [0.25, 0.3) is 0 Å². The second-order valence-corrected chi connectivity index (χ2v) is 5.18. The standard InChI is InChI=1S/C9H11Cl3N2S/c1-5(4-15-2)13-9-7(11)3-6(10)8(12)14-9/h3,5H,4H2,1-2H3,(H,13,14). The highest BCUT2D eigenvalue weighted by atomic mass is 35.5. The van der Waals surface area contributed by atoms with Gasteiger partial charge in [-0.25, -0.2) is 4.98 Å². The Bertz CT molecular complexity index is 346. The van der Waals surface area contributed by atoms with Gasteiger partial charge in [0.1, 0.15) is 11.0 Å². The molecule has 1 unspecified atom stereocenters. The third-order valence-corrected chi connectivity index (χ3v) is 3.48. The van der Waals surface area contributed by atoms with Gasteiger partial charge in [0.2, 0.25) is 0 Å². The van der Waals surface area contributed by atoms with Crippen molar-refractivity contribution in [1.82, 2.24) is 4.98 Å². The number of nitrogens with one attached hydrogen (secondary N) is 1. The van der Waals surface area contributed by atoms with Crippen LogP contribution in [0.3, 0.4) is 0 Å². The summed E-state index contributed by atoms with van der Waals surface area (Å²) in [6.45, 7) is 2.05. The van der Waals surface area contributed by atoms with E-state index in [0.29, 0.717) is 15.9 Å². The topological polar surface area (TPSA) is 24.9 Å². The molecule has 1 N–H and O–H groups in total. The van der Waals surface area contributed by atoms with Crippen molar-refractivity contribution in [1.29, 1.82) is 0 Å². The van der Waals surface area contributed by atoms with Crippen molar-refractivity contribution < 1.29 is 0 Å². The minimum atomic E-state index is 0.264. The van der Waals surface area contributed by atoms with E-state index in [4.69, 9.17) is 34.8 Å². The maximum Gasteiger partial charge on any atom is 0.150 e. The van der Waals surface area contributed by atoms with Crippen LogP contribution in [-0.2, 0) is 0 Å². The molecule has 1 aromatic rings. The van der Waals surface area contributed by atoms with Crippen molar-refractivity contribution in [2.45, 2.75) is 13.0 Å². The SMILES string of the molecule is CSCC(C)Nc1nc(Cl)c(Cl)cc1Cl. The Kier molecular flexibility index (Phi) is 5.33. The molecule has 0 fully saturated rings. The molecule has 15 heavy (non-hydrogen) atoms. The first kappa shape index (κ1) is 13.2. The van der Waals surface area contributed by atoms with E-state index in [9.17, 15) is 0 Å². The highest BCUT2D eigenvalue weighted by molar-refractivity contribution is 7.98. The van der Waals surface area contributed by atoms with Crippen LogP contribution in [0.5, 0.6) is 0 Å². The van der Waals surface area contributed by atoms with Gasteiger partial charge in [0.15, 0.2) is 0 Å². The second-order valence-electron chi connectivity index (χ2n) is 3.09. The van der Waals surface area contributed by atoms with Gasteiger partial charge in [0, 0.05) is 11.8 Å². The Morgan fingerprint density at radius 3 is 2.67 bits per heavy atom. The van der Waals surface area contributed by atoms with Gasteiger partial charge in [-0.15, -0.1) is 0 Å². The van der Waals surface area contributed by atoms with Crippen LogP contribution in [-0.4, -0.2) is 23.0 Å². The number of hydrogen-bond donors (Lipinski definition) is 1. The normalized spacial score (nSPS) is 12.6. The number of anilines is 1. The summed E-state index contributed by atoms with van der Waals surface area (Å²) in [5.41, 5.74) is 0. The summed E-state index contributed by atoms with van der Waals surface area (Å²) in [5.74, 6) is 1.55.